The molecule has 25 heavy (non-hydrogen) atoms. The quantitative estimate of drug-likeness (QED) is 0.613. The molecule has 0 saturated heterocycles. The van der Waals surface area contributed by atoms with E-state index in [1.165, 1.54) is 16.0 Å². The van der Waals surface area contributed by atoms with Crippen LogP contribution in [0, 0.1) is 0 Å². The van der Waals surface area contributed by atoms with Crippen molar-refractivity contribution >= 4 is 22.4 Å². The van der Waals surface area contributed by atoms with Gasteiger partial charge in [-0.05, 0) is 23.3 Å². The van der Waals surface area contributed by atoms with Crippen LogP contribution in [-0.4, -0.2) is 17.7 Å². The maximum Gasteiger partial charge on any atom is 0.231 e. The van der Waals surface area contributed by atoms with Crippen LogP contribution in [0.5, 0.6) is 11.5 Å². The highest BCUT2D eigenvalue weighted by molar-refractivity contribution is 7.16. The normalized spacial score (nSPS) is 13.4. The summed E-state index contributed by atoms with van der Waals surface area (Å²) in [5.74, 6) is 1.33. The number of hydrogen-bond acceptors (Lipinski definition) is 5. The third-order valence-corrected chi connectivity index (χ3v) is 5.34. The number of carbonyl (C=O) groups excluding carboxylic acids is 1. The Hall–Kier alpha value is -2.86. The van der Waals surface area contributed by atoms with E-state index in [0.717, 1.165) is 23.4 Å². The van der Waals surface area contributed by atoms with Gasteiger partial charge in [-0.1, -0.05) is 30.3 Å². The van der Waals surface area contributed by atoms with E-state index >= 15 is 0 Å². The first-order chi connectivity index (χ1) is 12.3. The molecule has 2 aliphatic rings. The fourth-order valence-corrected chi connectivity index (χ4v) is 4.23. The number of fused-ring (bicyclic) bond motifs is 4. The lowest BCUT2D eigenvalue weighted by molar-refractivity contribution is -0.115. The van der Waals surface area contributed by atoms with Crippen LogP contribution < -0.4 is 14.8 Å². The van der Waals surface area contributed by atoms with E-state index in [-0.39, 0.29) is 19.1 Å². The molecule has 5 rings (SSSR count). The highest BCUT2D eigenvalue weighted by Crippen LogP contribution is 2.40. The van der Waals surface area contributed by atoms with Crippen molar-refractivity contribution in [3.05, 3.63) is 58.5 Å². The number of hydrogen-bond donors (Lipinski definition) is 1. The van der Waals surface area contributed by atoms with E-state index < -0.39 is 0 Å². The number of carbonyl (C=O) groups is 1. The number of benzene rings is 2. The Bertz CT molecular complexity index is 996. The SMILES string of the molecule is O=C(Cc1ccc2c(c1)OCO2)Nc1nc2c(s1)Cc1ccccc1-2. The fraction of sp³-hybridized carbons (Fsp3) is 0.158. The van der Waals surface area contributed by atoms with Gasteiger partial charge in [-0.15, -0.1) is 11.3 Å². The molecule has 0 fully saturated rings. The molecule has 1 aliphatic heterocycles. The van der Waals surface area contributed by atoms with Crippen molar-refractivity contribution in [1.29, 1.82) is 0 Å². The van der Waals surface area contributed by atoms with Gasteiger partial charge in [0.25, 0.3) is 0 Å². The Kier molecular flexibility index (Phi) is 3.24. The van der Waals surface area contributed by atoms with Crippen LogP contribution in [0.1, 0.15) is 16.0 Å². The van der Waals surface area contributed by atoms with Crippen molar-refractivity contribution in [3.63, 3.8) is 0 Å². The third-order valence-electron chi connectivity index (χ3n) is 4.37. The minimum atomic E-state index is -0.0837. The molecule has 0 saturated carbocycles. The Labute approximate surface area is 148 Å². The number of thiazole rings is 1. The summed E-state index contributed by atoms with van der Waals surface area (Å²) in [6.45, 7) is 0.233. The first kappa shape index (κ1) is 14.5. The number of amides is 1. The van der Waals surface area contributed by atoms with Crippen molar-refractivity contribution < 1.29 is 14.3 Å². The van der Waals surface area contributed by atoms with Gasteiger partial charge < -0.3 is 14.8 Å². The molecular formula is C19H14N2O3S. The van der Waals surface area contributed by atoms with Crippen LogP contribution in [0.3, 0.4) is 0 Å². The van der Waals surface area contributed by atoms with Gasteiger partial charge in [-0.25, -0.2) is 4.98 Å². The summed E-state index contributed by atoms with van der Waals surface area (Å²) in [6, 6.07) is 13.8. The molecule has 0 atom stereocenters. The summed E-state index contributed by atoms with van der Waals surface area (Å²) in [5, 5.41) is 3.57. The number of nitrogens with one attached hydrogen (secondary N) is 1. The van der Waals surface area contributed by atoms with Crippen LogP contribution >= 0.6 is 11.3 Å². The zero-order valence-electron chi connectivity index (χ0n) is 13.2. The van der Waals surface area contributed by atoms with E-state index in [4.69, 9.17) is 9.47 Å². The molecule has 5 nitrogen and oxygen atoms in total. The smallest absolute Gasteiger partial charge is 0.231 e. The highest BCUT2D eigenvalue weighted by atomic mass is 32.1. The second-order valence-electron chi connectivity index (χ2n) is 6.04. The molecule has 0 spiro atoms. The second-order valence-corrected chi connectivity index (χ2v) is 7.12. The Morgan fingerprint density at radius 3 is 3.00 bits per heavy atom. The molecule has 2 heterocycles. The summed E-state index contributed by atoms with van der Waals surface area (Å²) in [7, 11) is 0. The lowest BCUT2D eigenvalue weighted by Gasteiger charge is -2.04. The molecule has 1 amide bonds. The monoisotopic (exact) mass is 350 g/mol. The largest absolute Gasteiger partial charge is 0.454 e. The van der Waals surface area contributed by atoms with Crippen molar-refractivity contribution in [1.82, 2.24) is 4.98 Å². The van der Waals surface area contributed by atoms with Gasteiger partial charge in [0, 0.05) is 16.9 Å². The maximum absolute atomic E-state index is 12.3. The number of rotatable bonds is 3. The second kappa shape index (κ2) is 5.60. The zero-order valence-corrected chi connectivity index (χ0v) is 14.1. The molecule has 6 heteroatoms. The van der Waals surface area contributed by atoms with E-state index in [9.17, 15) is 4.79 Å². The standard InChI is InChI=1S/C19H14N2O3S/c22-17(8-11-5-6-14-15(7-11)24-10-23-14)20-19-21-18-13-4-2-1-3-12(13)9-16(18)25-19/h1-7H,8-10H2,(H,20,21,22). The average molecular weight is 350 g/mol. The summed E-state index contributed by atoms with van der Waals surface area (Å²) in [4.78, 5) is 18.2. The predicted octanol–water partition coefficient (Wildman–Crippen LogP) is 3.62. The molecule has 1 aliphatic carbocycles. The molecule has 2 aromatic carbocycles. The highest BCUT2D eigenvalue weighted by Gasteiger charge is 2.23. The molecule has 1 aromatic heterocycles. The Morgan fingerprint density at radius 2 is 2.04 bits per heavy atom. The first-order valence-electron chi connectivity index (χ1n) is 8.02. The van der Waals surface area contributed by atoms with Crippen LogP contribution in [0.4, 0.5) is 5.13 Å². The fourth-order valence-electron chi connectivity index (χ4n) is 3.21. The number of aromatic nitrogens is 1. The van der Waals surface area contributed by atoms with E-state index in [0.29, 0.717) is 10.9 Å². The van der Waals surface area contributed by atoms with E-state index in [1.807, 2.05) is 30.3 Å². The topological polar surface area (TPSA) is 60.5 Å². The van der Waals surface area contributed by atoms with Crippen LogP contribution in [0.15, 0.2) is 42.5 Å². The van der Waals surface area contributed by atoms with Crippen molar-refractivity contribution in [2.45, 2.75) is 12.8 Å². The van der Waals surface area contributed by atoms with Crippen molar-refractivity contribution in [2.75, 3.05) is 12.1 Å². The summed E-state index contributed by atoms with van der Waals surface area (Å²) < 4.78 is 10.6. The van der Waals surface area contributed by atoms with Crippen molar-refractivity contribution in [3.8, 4) is 22.8 Å². The van der Waals surface area contributed by atoms with Gasteiger partial charge in [-0.3, -0.25) is 4.79 Å². The molecule has 0 bridgehead atoms. The summed E-state index contributed by atoms with van der Waals surface area (Å²) in [5.41, 5.74) is 4.36. The number of ether oxygens (including phenoxy) is 2. The zero-order chi connectivity index (χ0) is 16.8. The molecule has 1 N–H and O–H groups in total. The first-order valence-corrected chi connectivity index (χ1v) is 8.84. The lowest BCUT2D eigenvalue weighted by atomic mass is 10.1. The molecule has 0 radical (unpaired) electrons. The average Bonchev–Trinajstić information content (AvgIpc) is 3.28. The lowest BCUT2D eigenvalue weighted by Crippen LogP contribution is -2.14. The van der Waals surface area contributed by atoms with Gasteiger partial charge in [0.05, 0.1) is 12.1 Å². The maximum atomic E-state index is 12.3. The van der Waals surface area contributed by atoms with Crippen LogP contribution in [0.25, 0.3) is 11.3 Å². The van der Waals surface area contributed by atoms with E-state index in [2.05, 4.69) is 22.4 Å². The van der Waals surface area contributed by atoms with Gasteiger partial charge in [-0.2, -0.15) is 0 Å². The molecule has 124 valence electrons. The van der Waals surface area contributed by atoms with Crippen LogP contribution in [-0.2, 0) is 17.6 Å². The Morgan fingerprint density at radius 1 is 1.16 bits per heavy atom. The summed E-state index contributed by atoms with van der Waals surface area (Å²) >= 11 is 1.55. The number of nitrogens with zero attached hydrogens (tertiary/aromatic N) is 1. The summed E-state index contributed by atoms with van der Waals surface area (Å²) in [6.07, 6.45) is 1.17. The minimum absolute atomic E-state index is 0.0837. The van der Waals surface area contributed by atoms with Gasteiger partial charge in [0.1, 0.15) is 0 Å². The Balaban J connectivity index is 1.31. The van der Waals surface area contributed by atoms with Crippen LogP contribution in [0.2, 0.25) is 0 Å². The number of anilines is 1. The van der Waals surface area contributed by atoms with Crippen molar-refractivity contribution in [2.24, 2.45) is 0 Å². The molecule has 0 unspecified atom stereocenters. The van der Waals surface area contributed by atoms with E-state index in [1.54, 1.807) is 11.3 Å². The van der Waals surface area contributed by atoms with Gasteiger partial charge >= 0.3 is 0 Å². The molecule has 3 aromatic rings. The molecular weight excluding hydrogens is 336 g/mol. The minimum Gasteiger partial charge on any atom is -0.454 e. The third kappa shape index (κ3) is 2.55. The van der Waals surface area contributed by atoms with Gasteiger partial charge in [0.15, 0.2) is 16.6 Å². The predicted molar refractivity (Wildman–Crippen MR) is 95.3 cm³/mol. The van der Waals surface area contributed by atoms with Gasteiger partial charge in [0.2, 0.25) is 12.7 Å².